The zero-order valence-corrected chi connectivity index (χ0v) is 20.0. The molecule has 0 atom stereocenters. The van der Waals surface area contributed by atoms with E-state index in [4.69, 9.17) is 4.74 Å². The average molecular weight is 483 g/mol. The lowest BCUT2D eigenvalue weighted by molar-refractivity contribution is -0.120. The van der Waals surface area contributed by atoms with Crippen molar-refractivity contribution >= 4 is 27.6 Å². The highest BCUT2D eigenvalue weighted by atomic mass is 32.2. The van der Waals surface area contributed by atoms with Gasteiger partial charge < -0.3 is 10.1 Å². The molecule has 0 radical (unpaired) electrons. The molecule has 1 saturated carbocycles. The van der Waals surface area contributed by atoms with E-state index in [0.29, 0.717) is 42.4 Å². The predicted molar refractivity (Wildman–Crippen MR) is 128 cm³/mol. The molecular formula is C23H26N6O4S. The molecule has 1 aromatic carbocycles. The summed E-state index contributed by atoms with van der Waals surface area (Å²) in [6, 6.07) is 8.80. The van der Waals surface area contributed by atoms with Gasteiger partial charge in [-0.1, -0.05) is 12.1 Å². The van der Waals surface area contributed by atoms with E-state index in [0.717, 1.165) is 5.56 Å². The van der Waals surface area contributed by atoms with Gasteiger partial charge >= 0.3 is 0 Å². The molecule has 2 heterocycles. The van der Waals surface area contributed by atoms with E-state index in [1.54, 1.807) is 44.4 Å². The van der Waals surface area contributed by atoms with Gasteiger partial charge in [0, 0.05) is 17.4 Å². The van der Waals surface area contributed by atoms with E-state index < -0.39 is 20.7 Å². The van der Waals surface area contributed by atoms with E-state index >= 15 is 0 Å². The lowest BCUT2D eigenvalue weighted by atomic mass is 9.88. The first-order valence-corrected chi connectivity index (χ1v) is 12.5. The second kappa shape index (κ2) is 9.34. The van der Waals surface area contributed by atoms with Gasteiger partial charge in [-0.05, 0) is 51.8 Å². The average Bonchev–Trinajstić information content (AvgIpc) is 3.66. The summed E-state index contributed by atoms with van der Waals surface area (Å²) < 4.78 is 32.2. The van der Waals surface area contributed by atoms with E-state index in [1.807, 2.05) is 19.1 Å². The van der Waals surface area contributed by atoms with Crippen molar-refractivity contribution in [1.82, 2.24) is 19.9 Å². The SMILES string of the molecule is CCOc1cncc(-c2ccc(NC(=O)C(C)(C)c3ccnc(NS(=O)(=O)C4CC4)n3)cc2)n1. The molecule has 2 N–H and O–H groups in total. The molecule has 11 heteroatoms. The Hall–Kier alpha value is -3.60. The van der Waals surface area contributed by atoms with Gasteiger partial charge in [0.05, 0.1) is 41.1 Å². The first-order chi connectivity index (χ1) is 16.2. The zero-order valence-electron chi connectivity index (χ0n) is 19.1. The van der Waals surface area contributed by atoms with Gasteiger partial charge in [0.1, 0.15) is 0 Å². The third-order valence-electron chi connectivity index (χ3n) is 5.40. The van der Waals surface area contributed by atoms with Crippen molar-refractivity contribution in [3.05, 3.63) is 54.6 Å². The van der Waals surface area contributed by atoms with Gasteiger partial charge in [-0.2, -0.15) is 0 Å². The number of nitrogens with one attached hydrogen (secondary N) is 2. The van der Waals surface area contributed by atoms with Gasteiger partial charge in [-0.25, -0.2) is 23.4 Å². The number of aromatic nitrogens is 4. The summed E-state index contributed by atoms with van der Waals surface area (Å²) in [5, 5.41) is 2.49. The van der Waals surface area contributed by atoms with Crippen LogP contribution in [0.1, 0.15) is 39.3 Å². The highest BCUT2D eigenvalue weighted by Crippen LogP contribution is 2.30. The summed E-state index contributed by atoms with van der Waals surface area (Å²) in [6.45, 7) is 5.81. The van der Waals surface area contributed by atoms with Crippen LogP contribution >= 0.6 is 0 Å². The normalized spacial score (nSPS) is 13.9. The van der Waals surface area contributed by atoms with Crippen molar-refractivity contribution in [3.63, 3.8) is 0 Å². The van der Waals surface area contributed by atoms with Crippen LogP contribution in [0, 0.1) is 0 Å². The number of nitrogens with zero attached hydrogens (tertiary/aromatic N) is 4. The number of carbonyl (C=O) groups excluding carboxylic acids is 1. The number of anilines is 2. The molecule has 0 unspecified atom stereocenters. The number of hydrogen-bond donors (Lipinski definition) is 2. The van der Waals surface area contributed by atoms with E-state index in [1.165, 1.54) is 6.20 Å². The molecule has 4 rings (SSSR count). The largest absolute Gasteiger partial charge is 0.477 e. The number of benzene rings is 1. The monoisotopic (exact) mass is 482 g/mol. The second-order valence-corrected chi connectivity index (χ2v) is 10.4. The standard InChI is InChI=1S/C23H26N6O4S/c1-4-33-20-14-24-13-18(27-20)15-5-7-16(8-6-15)26-21(30)23(2,3)19-11-12-25-22(28-19)29-34(31,32)17-9-10-17/h5-8,11-14,17H,4,9-10H2,1-3H3,(H,26,30)(H,25,28,29). The van der Waals surface area contributed by atoms with Gasteiger partial charge in [0.15, 0.2) is 0 Å². The second-order valence-electron chi connectivity index (χ2n) is 8.44. The van der Waals surface area contributed by atoms with Crippen LogP contribution in [0.4, 0.5) is 11.6 Å². The third kappa shape index (κ3) is 5.30. The summed E-state index contributed by atoms with van der Waals surface area (Å²) in [5.41, 5.74) is 1.44. The predicted octanol–water partition coefficient (Wildman–Crippen LogP) is 3.15. The molecule has 1 aliphatic rings. The Morgan fingerprint density at radius 3 is 2.53 bits per heavy atom. The first-order valence-electron chi connectivity index (χ1n) is 10.9. The fraction of sp³-hybridized carbons (Fsp3) is 0.348. The Bertz CT molecular complexity index is 1290. The number of sulfonamides is 1. The highest BCUT2D eigenvalue weighted by Gasteiger charge is 2.37. The van der Waals surface area contributed by atoms with E-state index in [2.05, 4.69) is 30.0 Å². The summed E-state index contributed by atoms with van der Waals surface area (Å²) in [4.78, 5) is 29.9. The molecule has 0 saturated heterocycles. The molecule has 3 aromatic rings. The maximum Gasteiger partial charge on any atom is 0.237 e. The molecule has 34 heavy (non-hydrogen) atoms. The molecule has 1 fully saturated rings. The van der Waals surface area contributed by atoms with E-state index in [9.17, 15) is 13.2 Å². The Morgan fingerprint density at radius 2 is 1.85 bits per heavy atom. The van der Waals surface area contributed by atoms with Crippen molar-refractivity contribution in [1.29, 1.82) is 0 Å². The molecule has 0 bridgehead atoms. The van der Waals surface area contributed by atoms with Crippen molar-refractivity contribution in [2.75, 3.05) is 16.6 Å². The smallest absolute Gasteiger partial charge is 0.237 e. The molecule has 1 aliphatic carbocycles. The minimum atomic E-state index is -3.50. The Kier molecular flexibility index (Phi) is 6.47. The fourth-order valence-corrected chi connectivity index (χ4v) is 4.45. The van der Waals surface area contributed by atoms with Crippen LogP contribution in [0.5, 0.6) is 5.88 Å². The maximum absolute atomic E-state index is 13.1. The number of carbonyl (C=O) groups is 1. The minimum absolute atomic E-state index is 0.0370. The quantitative estimate of drug-likeness (QED) is 0.475. The number of ether oxygens (including phenoxy) is 1. The van der Waals surface area contributed by atoms with Crippen molar-refractivity contribution in [3.8, 4) is 17.1 Å². The van der Waals surface area contributed by atoms with Crippen molar-refractivity contribution in [2.45, 2.75) is 44.3 Å². The van der Waals surface area contributed by atoms with Gasteiger partial charge in [0.25, 0.3) is 0 Å². The summed E-state index contributed by atoms with van der Waals surface area (Å²) in [5.74, 6) is 0.112. The minimum Gasteiger partial charge on any atom is -0.477 e. The topological polar surface area (TPSA) is 136 Å². The summed E-state index contributed by atoms with van der Waals surface area (Å²) >= 11 is 0. The lowest BCUT2D eigenvalue weighted by Gasteiger charge is -2.23. The molecular weight excluding hydrogens is 456 g/mol. The summed E-state index contributed by atoms with van der Waals surface area (Å²) in [6.07, 6.45) is 5.90. The van der Waals surface area contributed by atoms with Crippen LogP contribution in [0.2, 0.25) is 0 Å². The molecule has 0 aliphatic heterocycles. The van der Waals surface area contributed by atoms with Crippen LogP contribution in [0.15, 0.2) is 48.9 Å². The molecule has 0 spiro atoms. The third-order valence-corrected chi connectivity index (χ3v) is 7.22. The van der Waals surface area contributed by atoms with Gasteiger partial charge in [0.2, 0.25) is 27.8 Å². The van der Waals surface area contributed by atoms with Crippen LogP contribution in [0.3, 0.4) is 0 Å². The van der Waals surface area contributed by atoms with Crippen LogP contribution in [0.25, 0.3) is 11.3 Å². The number of hydrogen-bond acceptors (Lipinski definition) is 8. The fourth-order valence-electron chi connectivity index (χ4n) is 3.18. The van der Waals surface area contributed by atoms with Crippen LogP contribution < -0.4 is 14.8 Å². The zero-order chi connectivity index (χ0) is 24.3. The molecule has 1 amide bonds. The van der Waals surface area contributed by atoms with Crippen LogP contribution in [-0.2, 0) is 20.2 Å². The van der Waals surface area contributed by atoms with Gasteiger partial charge in [-0.15, -0.1) is 0 Å². The molecule has 178 valence electrons. The summed E-state index contributed by atoms with van der Waals surface area (Å²) in [7, 11) is -3.50. The highest BCUT2D eigenvalue weighted by molar-refractivity contribution is 7.93. The number of rotatable bonds is 9. The van der Waals surface area contributed by atoms with E-state index in [-0.39, 0.29) is 11.9 Å². The molecule has 2 aromatic heterocycles. The Morgan fingerprint density at radius 1 is 1.12 bits per heavy atom. The first kappa shape index (κ1) is 23.6. The van der Waals surface area contributed by atoms with Gasteiger partial charge in [-0.3, -0.25) is 14.5 Å². The lowest BCUT2D eigenvalue weighted by Crippen LogP contribution is -2.36. The molecule has 10 nitrogen and oxygen atoms in total. The van der Waals surface area contributed by atoms with Crippen molar-refractivity contribution in [2.24, 2.45) is 0 Å². The van der Waals surface area contributed by atoms with Crippen molar-refractivity contribution < 1.29 is 17.9 Å². The maximum atomic E-state index is 13.1. The Balaban J connectivity index is 1.46. The Labute approximate surface area is 198 Å². The number of amides is 1. The van der Waals surface area contributed by atoms with Crippen LogP contribution in [-0.4, -0.2) is 46.1 Å².